The number of carbonyl (C=O) groups excluding carboxylic acids is 1. The summed E-state index contributed by atoms with van der Waals surface area (Å²) in [5.74, 6) is -1.79. The minimum atomic E-state index is -4.66. The van der Waals surface area contributed by atoms with Crippen molar-refractivity contribution in [1.82, 2.24) is 15.0 Å². The van der Waals surface area contributed by atoms with Gasteiger partial charge < -0.3 is 4.57 Å². The maximum atomic E-state index is 13.2. The SMILES string of the molecule is CCc1ccc(C=NNC(=O)Cn2c(C(F)(F)F)nc3ccccc32)cc1. The molecule has 0 aliphatic carbocycles. The van der Waals surface area contributed by atoms with Crippen LogP contribution in [0, 0.1) is 0 Å². The highest BCUT2D eigenvalue weighted by atomic mass is 19.4. The van der Waals surface area contributed by atoms with Crippen LogP contribution in [0.15, 0.2) is 53.6 Å². The van der Waals surface area contributed by atoms with Crippen molar-refractivity contribution in [3.8, 4) is 0 Å². The highest BCUT2D eigenvalue weighted by Gasteiger charge is 2.37. The molecule has 5 nitrogen and oxygen atoms in total. The standard InChI is InChI=1S/C19H17F3N4O/c1-2-13-7-9-14(10-8-13)11-23-25-17(27)12-26-16-6-4-3-5-15(16)24-18(26)19(20,21)22/h3-11H,2,12H2,1H3,(H,25,27). The highest BCUT2D eigenvalue weighted by Crippen LogP contribution is 2.31. The van der Waals surface area contributed by atoms with Gasteiger partial charge in [-0.1, -0.05) is 43.3 Å². The van der Waals surface area contributed by atoms with Crippen molar-refractivity contribution < 1.29 is 18.0 Å². The smallest absolute Gasteiger partial charge is 0.311 e. The number of aromatic nitrogens is 2. The maximum Gasteiger partial charge on any atom is 0.449 e. The van der Waals surface area contributed by atoms with Crippen LogP contribution in [0.4, 0.5) is 13.2 Å². The zero-order valence-corrected chi connectivity index (χ0v) is 14.5. The Morgan fingerprint density at radius 1 is 1.19 bits per heavy atom. The molecular formula is C19H17F3N4O. The predicted molar refractivity (Wildman–Crippen MR) is 96.3 cm³/mol. The van der Waals surface area contributed by atoms with E-state index in [-0.39, 0.29) is 11.0 Å². The quantitative estimate of drug-likeness (QED) is 0.546. The summed E-state index contributed by atoms with van der Waals surface area (Å²) in [4.78, 5) is 15.7. The van der Waals surface area contributed by atoms with Crippen LogP contribution in [0.2, 0.25) is 0 Å². The van der Waals surface area contributed by atoms with Crippen LogP contribution < -0.4 is 5.43 Å². The minimum Gasteiger partial charge on any atom is -0.311 e. The molecule has 1 amide bonds. The molecule has 8 heteroatoms. The van der Waals surface area contributed by atoms with E-state index < -0.39 is 24.5 Å². The molecule has 0 unspecified atom stereocenters. The van der Waals surface area contributed by atoms with E-state index in [0.717, 1.165) is 16.6 Å². The van der Waals surface area contributed by atoms with Gasteiger partial charge in [0.2, 0.25) is 5.82 Å². The molecule has 2 aromatic carbocycles. The van der Waals surface area contributed by atoms with E-state index >= 15 is 0 Å². The number of rotatable bonds is 5. The molecule has 3 aromatic rings. The Morgan fingerprint density at radius 3 is 2.56 bits per heavy atom. The topological polar surface area (TPSA) is 59.3 Å². The fourth-order valence-electron chi connectivity index (χ4n) is 2.65. The van der Waals surface area contributed by atoms with E-state index in [2.05, 4.69) is 15.5 Å². The van der Waals surface area contributed by atoms with E-state index in [4.69, 9.17) is 0 Å². The van der Waals surface area contributed by atoms with Crippen LogP contribution in [-0.4, -0.2) is 21.7 Å². The summed E-state index contributed by atoms with van der Waals surface area (Å²) in [6, 6.07) is 13.7. The first kappa shape index (κ1) is 18.6. The summed E-state index contributed by atoms with van der Waals surface area (Å²) >= 11 is 0. The Labute approximate surface area is 153 Å². The van der Waals surface area contributed by atoms with Crippen molar-refractivity contribution in [2.75, 3.05) is 0 Å². The molecule has 0 atom stereocenters. The summed E-state index contributed by atoms with van der Waals surface area (Å²) < 4.78 is 40.5. The van der Waals surface area contributed by atoms with Gasteiger partial charge in [-0.15, -0.1) is 0 Å². The molecule has 0 aliphatic heterocycles. The number of para-hydroxylation sites is 2. The molecule has 0 spiro atoms. The largest absolute Gasteiger partial charge is 0.449 e. The number of carbonyl (C=O) groups is 1. The van der Waals surface area contributed by atoms with E-state index in [9.17, 15) is 18.0 Å². The van der Waals surface area contributed by atoms with E-state index in [1.807, 2.05) is 31.2 Å². The number of hydrazone groups is 1. The molecule has 1 aromatic heterocycles. The molecule has 27 heavy (non-hydrogen) atoms. The average molecular weight is 374 g/mol. The molecule has 0 fully saturated rings. The maximum absolute atomic E-state index is 13.2. The molecular weight excluding hydrogens is 357 g/mol. The normalized spacial score (nSPS) is 12.0. The number of nitrogens with zero attached hydrogens (tertiary/aromatic N) is 3. The number of aryl methyl sites for hydroxylation is 1. The molecule has 0 saturated carbocycles. The summed E-state index contributed by atoms with van der Waals surface area (Å²) in [5, 5.41) is 3.81. The van der Waals surface area contributed by atoms with Gasteiger partial charge >= 0.3 is 6.18 Å². The Balaban J connectivity index is 1.74. The number of nitrogens with one attached hydrogen (secondary N) is 1. The van der Waals surface area contributed by atoms with Gasteiger partial charge in [0.25, 0.3) is 5.91 Å². The third-order valence-corrected chi connectivity index (χ3v) is 4.00. The summed E-state index contributed by atoms with van der Waals surface area (Å²) in [7, 11) is 0. The first-order chi connectivity index (χ1) is 12.9. The van der Waals surface area contributed by atoms with Gasteiger partial charge in [-0.25, -0.2) is 10.4 Å². The lowest BCUT2D eigenvalue weighted by Gasteiger charge is -2.10. The second kappa shape index (κ2) is 7.61. The minimum absolute atomic E-state index is 0.178. The predicted octanol–water partition coefficient (Wildman–Crippen LogP) is 3.77. The number of halogens is 3. The summed E-state index contributed by atoms with van der Waals surface area (Å²) in [5.41, 5.74) is 4.61. The van der Waals surface area contributed by atoms with Crippen molar-refractivity contribution in [2.45, 2.75) is 26.1 Å². The fraction of sp³-hybridized carbons (Fsp3) is 0.211. The van der Waals surface area contributed by atoms with Crippen LogP contribution >= 0.6 is 0 Å². The third kappa shape index (κ3) is 4.33. The van der Waals surface area contributed by atoms with Crippen LogP contribution in [0.3, 0.4) is 0 Å². The number of hydrogen-bond donors (Lipinski definition) is 1. The van der Waals surface area contributed by atoms with Gasteiger partial charge in [-0.3, -0.25) is 4.79 Å². The zero-order chi connectivity index (χ0) is 19.4. The summed E-state index contributed by atoms with van der Waals surface area (Å²) in [6.07, 6.45) is -2.31. The Bertz CT molecular complexity index is 975. The van der Waals surface area contributed by atoms with Crippen molar-refractivity contribution in [1.29, 1.82) is 0 Å². The molecule has 0 aliphatic rings. The Kier molecular flexibility index (Phi) is 5.25. The number of hydrogen-bond acceptors (Lipinski definition) is 3. The summed E-state index contributed by atoms with van der Waals surface area (Å²) in [6.45, 7) is 1.50. The van der Waals surface area contributed by atoms with Crippen LogP contribution in [-0.2, 0) is 23.9 Å². The fourth-order valence-corrected chi connectivity index (χ4v) is 2.65. The molecule has 0 bridgehead atoms. The van der Waals surface area contributed by atoms with Crippen molar-refractivity contribution in [3.05, 3.63) is 65.5 Å². The van der Waals surface area contributed by atoms with Gasteiger partial charge in [-0.2, -0.15) is 18.3 Å². The number of fused-ring (bicyclic) bond motifs is 1. The monoisotopic (exact) mass is 374 g/mol. The van der Waals surface area contributed by atoms with Gasteiger partial charge in [0.05, 0.1) is 17.2 Å². The van der Waals surface area contributed by atoms with Crippen molar-refractivity contribution >= 4 is 23.2 Å². The molecule has 140 valence electrons. The van der Waals surface area contributed by atoms with Crippen LogP contribution in [0.25, 0.3) is 11.0 Å². The van der Waals surface area contributed by atoms with Crippen molar-refractivity contribution in [3.63, 3.8) is 0 Å². The number of amides is 1. The third-order valence-electron chi connectivity index (χ3n) is 4.00. The Morgan fingerprint density at radius 2 is 1.89 bits per heavy atom. The second-order valence-electron chi connectivity index (χ2n) is 5.90. The molecule has 1 heterocycles. The first-order valence-electron chi connectivity index (χ1n) is 8.32. The lowest BCUT2D eigenvalue weighted by atomic mass is 10.1. The lowest BCUT2D eigenvalue weighted by molar-refractivity contribution is -0.147. The molecule has 0 radical (unpaired) electrons. The van der Waals surface area contributed by atoms with Crippen LogP contribution in [0.5, 0.6) is 0 Å². The van der Waals surface area contributed by atoms with Gasteiger partial charge in [0.15, 0.2) is 0 Å². The second-order valence-corrected chi connectivity index (χ2v) is 5.90. The van der Waals surface area contributed by atoms with E-state index in [1.54, 1.807) is 12.1 Å². The molecule has 0 saturated heterocycles. The molecule has 1 N–H and O–H groups in total. The number of alkyl halides is 3. The number of imidazole rings is 1. The van der Waals surface area contributed by atoms with E-state index in [0.29, 0.717) is 0 Å². The van der Waals surface area contributed by atoms with Crippen LogP contribution in [0.1, 0.15) is 23.9 Å². The van der Waals surface area contributed by atoms with E-state index in [1.165, 1.54) is 23.9 Å². The Hall–Kier alpha value is -3.16. The van der Waals surface area contributed by atoms with Crippen molar-refractivity contribution in [2.24, 2.45) is 5.10 Å². The zero-order valence-electron chi connectivity index (χ0n) is 14.5. The highest BCUT2D eigenvalue weighted by molar-refractivity contribution is 5.84. The first-order valence-corrected chi connectivity index (χ1v) is 8.32. The van der Waals surface area contributed by atoms with Gasteiger partial charge in [0, 0.05) is 0 Å². The molecule has 3 rings (SSSR count). The van der Waals surface area contributed by atoms with Gasteiger partial charge in [0.1, 0.15) is 6.54 Å². The van der Waals surface area contributed by atoms with Gasteiger partial charge in [-0.05, 0) is 29.7 Å². The average Bonchev–Trinajstić information content (AvgIpc) is 3.01. The number of benzene rings is 2. The lowest BCUT2D eigenvalue weighted by Crippen LogP contribution is -2.26.